The lowest BCUT2D eigenvalue weighted by molar-refractivity contribution is -0.142. The van der Waals surface area contributed by atoms with Crippen molar-refractivity contribution in [2.45, 2.75) is 72.6 Å². The van der Waals surface area contributed by atoms with Gasteiger partial charge in [0, 0.05) is 17.9 Å². The summed E-state index contributed by atoms with van der Waals surface area (Å²) in [5.74, 6) is 2.14. The van der Waals surface area contributed by atoms with Gasteiger partial charge in [-0.15, -0.1) is 0 Å². The predicted octanol–water partition coefficient (Wildman–Crippen LogP) is 7.36. The van der Waals surface area contributed by atoms with E-state index in [1.807, 2.05) is 51.1 Å². The van der Waals surface area contributed by atoms with E-state index in [0.29, 0.717) is 43.5 Å². The quantitative estimate of drug-likeness (QED) is 0.124. The van der Waals surface area contributed by atoms with E-state index in [1.54, 1.807) is 6.08 Å². The van der Waals surface area contributed by atoms with Crippen molar-refractivity contribution in [3.63, 3.8) is 0 Å². The number of unbranched alkanes of at least 4 members (excludes halogenated alkanes) is 1. The van der Waals surface area contributed by atoms with Gasteiger partial charge in [0.05, 0.1) is 13.2 Å². The van der Waals surface area contributed by atoms with Crippen molar-refractivity contribution in [1.29, 1.82) is 0 Å². The van der Waals surface area contributed by atoms with E-state index in [0.717, 1.165) is 36.7 Å². The fourth-order valence-electron chi connectivity index (χ4n) is 3.52. The highest BCUT2D eigenvalue weighted by atomic mass is 35.5. The number of benzene rings is 1. The van der Waals surface area contributed by atoms with Gasteiger partial charge in [-0.25, -0.2) is 0 Å². The van der Waals surface area contributed by atoms with Crippen LogP contribution in [0.1, 0.15) is 71.8 Å². The Morgan fingerprint density at radius 1 is 1.24 bits per heavy atom. The number of allylic oxidation sites excluding steroid dienone is 2. The van der Waals surface area contributed by atoms with Crippen LogP contribution in [0.15, 0.2) is 43.0 Å². The van der Waals surface area contributed by atoms with Gasteiger partial charge >= 0.3 is 5.97 Å². The molecule has 0 amide bonds. The van der Waals surface area contributed by atoms with Gasteiger partial charge in [-0.3, -0.25) is 9.59 Å². The van der Waals surface area contributed by atoms with Crippen molar-refractivity contribution in [3.05, 3.63) is 53.6 Å². The largest absolute Gasteiger partial charge is 0.493 e. The summed E-state index contributed by atoms with van der Waals surface area (Å²) in [7, 11) is 0. The zero-order valence-electron chi connectivity index (χ0n) is 21.4. The van der Waals surface area contributed by atoms with Crippen LogP contribution in [0.2, 0.25) is 5.02 Å². The summed E-state index contributed by atoms with van der Waals surface area (Å²) in [5.41, 5.74) is 1.02. The van der Waals surface area contributed by atoms with Gasteiger partial charge < -0.3 is 14.2 Å². The third-order valence-electron chi connectivity index (χ3n) is 5.15. The summed E-state index contributed by atoms with van der Waals surface area (Å²) in [5, 5.41) is 0.656. The van der Waals surface area contributed by atoms with E-state index in [9.17, 15) is 9.59 Å². The second-order valence-corrected chi connectivity index (χ2v) is 8.48. The van der Waals surface area contributed by atoms with Gasteiger partial charge in [0.2, 0.25) is 0 Å². The maximum absolute atomic E-state index is 10.9. The van der Waals surface area contributed by atoms with Crippen molar-refractivity contribution < 1.29 is 23.8 Å². The van der Waals surface area contributed by atoms with E-state index in [-0.39, 0.29) is 5.97 Å². The first-order valence-corrected chi connectivity index (χ1v) is 12.7. The Morgan fingerprint density at radius 2 is 2.00 bits per heavy atom. The van der Waals surface area contributed by atoms with Crippen LogP contribution in [0.25, 0.3) is 0 Å². The predicted molar refractivity (Wildman–Crippen MR) is 140 cm³/mol. The molecule has 1 aliphatic carbocycles. The first-order valence-electron chi connectivity index (χ1n) is 12.3. The fourth-order valence-corrected chi connectivity index (χ4v) is 3.77. The maximum atomic E-state index is 10.9. The third-order valence-corrected chi connectivity index (χ3v) is 5.36. The lowest BCUT2D eigenvalue weighted by Crippen LogP contribution is -2.09. The number of rotatable bonds is 13. The van der Waals surface area contributed by atoms with Crippen molar-refractivity contribution in [2.75, 3.05) is 19.8 Å². The average Bonchev–Trinajstić information content (AvgIpc) is 3.26. The first kappa shape index (κ1) is 31.7. The summed E-state index contributed by atoms with van der Waals surface area (Å²) in [6, 6.07) is 5.68. The summed E-state index contributed by atoms with van der Waals surface area (Å²) in [6.07, 6.45) is 12.4. The fraction of sp³-hybridized carbons (Fsp3) is 0.571. The molecule has 1 aliphatic rings. The monoisotopic (exact) mass is 494 g/mol. The van der Waals surface area contributed by atoms with Gasteiger partial charge in [0.1, 0.15) is 12.4 Å². The molecule has 0 heterocycles. The Labute approximate surface area is 211 Å². The van der Waals surface area contributed by atoms with Crippen molar-refractivity contribution in [2.24, 2.45) is 11.8 Å². The molecule has 0 N–H and O–H groups in total. The molecule has 0 radical (unpaired) electrons. The van der Waals surface area contributed by atoms with Crippen LogP contribution in [-0.4, -0.2) is 32.3 Å². The Balaban J connectivity index is 0.000000670. The minimum Gasteiger partial charge on any atom is -0.493 e. The highest BCUT2D eigenvalue weighted by Crippen LogP contribution is 2.31. The zero-order valence-corrected chi connectivity index (χ0v) is 22.1. The molecule has 34 heavy (non-hydrogen) atoms. The van der Waals surface area contributed by atoms with Crippen LogP contribution < -0.4 is 4.74 Å². The second-order valence-electron chi connectivity index (χ2n) is 8.04. The van der Waals surface area contributed by atoms with Crippen LogP contribution >= 0.6 is 11.6 Å². The van der Waals surface area contributed by atoms with E-state index < -0.39 is 0 Å². The summed E-state index contributed by atoms with van der Waals surface area (Å²) >= 11 is 6.09. The molecule has 0 aliphatic heterocycles. The molecule has 5 nitrogen and oxygen atoms in total. The van der Waals surface area contributed by atoms with Crippen LogP contribution in [0, 0.1) is 11.8 Å². The summed E-state index contributed by atoms with van der Waals surface area (Å²) < 4.78 is 15.4. The Morgan fingerprint density at radius 3 is 2.62 bits per heavy atom. The molecule has 0 spiro atoms. The number of carbonyl (C=O) groups excluding carboxylic acids is 2. The standard InChI is InChI=1S/C16H21ClO3.C10H16O2.C2H6/c1-12-2-3-14(6-12)10-20-16-8-13(4-5-19-11-18)7-15(17)9-16;1-3-5-6-7-8-10(11)12-9-4-2;1-2/h7-9,11-12,14H,2-6,10H2,1H3;3-5H,2,6-9H2,1H3;1-2H3/b;5-3-;. The average molecular weight is 495 g/mol. The molecule has 192 valence electrons. The third kappa shape index (κ3) is 16.4. The molecular formula is C28H43ClO5. The molecule has 1 saturated carbocycles. The molecule has 2 rings (SSSR count). The molecule has 2 atom stereocenters. The Bertz CT molecular complexity index is 717. The number of ether oxygens (including phenoxy) is 3. The summed E-state index contributed by atoms with van der Waals surface area (Å²) in [6.45, 7) is 13.6. The Hall–Kier alpha value is -2.27. The lowest BCUT2D eigenvalue weighted by atomic mass is 10.1. The molecule has 1 aromatic carbocycles. The van der Waals surface area contributed by atoms with Crippen molar-refractivity contribution in [1.82, 2.24) is 0 Å². The number of hydrogen-bond donors (Lipinski definition) is 0. The SMILES string of the molecule is C=CCOC(=O)CCC/C=C\C.CC.CC1CCC(COc2cc(Cl)cc(CCOC=O)c2)C1. The summed E-state index contributed by atoms with van der Waals surface area (Å²) in [4.78, 5) is 21.0. The molecule has 2 unspecified atom stereocenters. The maximum Gasteiger partial charge on any atom is 0.306 e. The molecule has 0 saturated heterocycles. The number of hydrogen-bond acceptors (Lipinski definition) is 5. The topological polar surface area (TPSA) is 61.8 Å². The molecule has 0 bridgehead atoms. The van der Waals surface area contributed by atoms with Crippen LogP contribution in [0.3, 0.4) is 0 Å². The number of halogens is 1. The first-order chi connectivity index (χ1) is 16.5. The highest BCUT2D eigenvalue weighted by molar-refractivity contribution is 6.30. The van der Waals surface area contributed by atoms with Crippen molar-refractivity contribution >= 4 is 24.0 Å². The van der Waals surface area contributed by atoms with E-state index in [2.05, 4.69) is 13.5 Å². The molecule has 6 heteroatoms. The highest BCUT2D eigenvalue weighted by Gasteiger charge is 2.21. The number of esters is 1. The Kier molecular flexibility index (Phi) is 19.9. The second kappa shape index (κ2) is 21.3. The van der Waals surface area contributed by atoms with Crippen LogP contribution in [-0.2, 0) is 25.5 Å². The molecule has 1 fully saturated rings. The van der Waals surface area contributed by atoms with Gasteiger partial charge in [0.15, 0.2) is 0 Å². The van der Waals surface area contributed by atoms with Gasteiger partial charge in [-0.2, -0.15) is 0 Å². The van der Waals surface area contributed by atoms with Gasteiger partial charge in [0.25, 0.3) is 6.47 Å². The molecular weight excluding hydrogens is 452 g/mol. The normalized spacial score (nSPS) is 16.5. The van der Waals surface area contributed by atoms with Crippen molar-refractivity contribution in [3.8, 4) is 5.75 Å². The zero-order chi connectivity index (χ0) is 25.6. The van der Waals surface area contributed by atoms with Gasteiger partial charge in [-0.1, -0.05) is 63.6 Å². The minimum atomic E-state index is -0.139. The minimum absolute atomic E-state index is 0.139. The van der Waals surface area contributed by atoms with Crippen LogP contribution in [0.4, 0.5) is 0 Å². The van der Waals surface area contributed by atoms with E-state index >= 15 is 0 Å². The smallest absolute Gasteiger partial charge is 0.306 e. The van der Waals surface area contributed by atoms with Crippen LogP contribution in [0.5, 0.6) is 5.75 Å². The van der Waals surface area contributed by atoms with E-state index in [4.69, 9.17) is 25.8 Å². The number of carbonyl (C=O) groups is 2. The molecule has 1 aromatic rings. The lowest BCUT2D eigenvalue weighted by Gasteiger charge is -2.13. The molecule has 0 aromatic heterocycles. The van der Waals surface area contributed by atoms with Gasteiger partial charge in [-0.05, 0) is 68.2 Å². The van der Waals surface area contributed by atoms with E-state index in [1.165, 1.54) is 19.3 Å².